The number of nitrogens with two attached hydrogens (primary N) is 1. The maximum Gasteiger partial charge on any atom is 0.248 e. The van der Waals surface area contributed by atoms with E-state index in [1.165, 1.54) is 0 Å². The molecule has 26 heavy (non-hydrogen) atoms. The predicted octanol–water partition coefficient (Wildman–Crippen LogP) is 1.32. The molecule has 2 atom stereocenters. The lowest BCUT2D eigenvalue weighted by molar-refractivity contribution is 0.1000. The molecule has 4 rings (SSSR count). The molecule has 1 saturated heterocycles. The summed E-state index contributed by atoms with van der Waals surface area (Å²) in [4.78, 5) is 23.1. The van der Waals surface area contributed by atoms with E-state index in [1.807, 2.05) is 12.1 Å². The number of pyridine rings is 1. The van der Waals surface area contributed by atoms with Crippen molar-refractivity contribution in [3.05, 3.63) is 48.2 Å². The van der Waals surface area contributed by atoms with E-state index in [9.17, 15) is 4.79 Å². The lowest BCUT2D eigenvalue weighted by atomic mass is 10.1. The summed E-state index contributed by atoms with van der Waals surface area (Å²) in [6.07, 6.45) is 1.67. The van der Waals surface area contributed by atoms with E-state index in [-0.39, 0.29) is 12.2 Å². The molecule has 3 heterocycles. The fraction of sp³-hybridized carbons (Fsp3) is 0.368. The van der Waals surface area contributed by atoms with E-state index in [0.717, 1.165) is 36.8 Å². The molecule has 136 valence electrons. The number of anilines is 3. The molecule has 0 saturated carbocycles. The second-order valence-electron chi connectivity index (χ2n) is 7.05. The average Bonchev–Trinajstić information content (AvgIpc) is 3.03. The van der Waals surface area contributed by atoms with Gasteiger partial charge in [-0.15, -0.1) is 0 Å². The van der Waals surface area contributed by atoms with Crippen LogP contribution in [0.2, 0.25) is 0 Å². The second-order valence-corrected chi connectivity index (χ2v) is 7.05. The molecule has 0 spiro atoms. The Morgan fingerprint density at radius 2 is 2.04 bits per heavy atom. The van der Waals surface area contributed by atoms with Crippen molar-refractivity contribution in [1.82, 2.24) is 14.8 Å². The van der Waals surface area contributed by atoms with Gasteiger partial charge in [-0.3, -0.25) is 9.69 Å². The number of primary amides is 1. The minimum atomic E-state index is -0.444. The number of fused-ring (bicyclic) bond motifs is 1. The molecule has 2 unspecified atom stereocenters. The fourth-order valence-electron chi connectivity index (χ4n) is 3.80. The second kappa shape index (κ2) is 6.59. The van der Waals surface area contributed by atoms with E-state index >= 15 is 0 Å². The van der Waals surface area contributed by atoms with Gasteiger partial charge in [-0.25, -0.2) is 4.98 Å². The van der Waals surface area contributed by atoms with Crippen molar-refractivity contribution < 1.29 is 4.79 Å². The molecule has 0 bridgehead atoms. The first kappa shape index (κ1) is 16.8. The standard InChI is InChI=1S/C19H24N6O/c1-23-9-10-24(2)16(12-23)19-22-14-5-3-4-6-15(14)25(19)17-11-13(18(20)26)7-8-21-17/h3-8,11,16,19,22H,9-10,12H2,1-2H3,(H2,20,26). The first-order valence-corrected chi connectivity index (χ1v) is 8.84. The Kier molecular flexibility index (Phi) is 4.26. The molecule has 7 heteroatoms. The van der Waals surface area contributed by atoms with Crippen molar-refractivity contribution in [3.63, 3.8) is 0 Å². The van der Waals surface area contributed by atoms with Gasteiger partial charge in [0, 0.05) is 31.4 Å². The van der Waals surface area contributed by atoms with Gasteiger partial charge in [0.05, 0.1) is 17.4 Å². The maximum atomic E-state index is 11.6. The van der Waals surface area contributed by atoms with Crippen molar-refractivity contribution in [3.8, 4) is 0 Å². The van der Waals surface area contributed by atoms with Gasteiger partial charge in [0.1, 0.15) is 12.0 Å². The monoisotopic (exact) mass is 352 g/mol. The van der Waals surface area contributed by atoms with E-state index in [4.69, 9.17) is 5.73 Å². The average molecular weight is 352 g/mol. The van der Waals surface area contributed by atoms with Crippen molar-refractivity contribution in [2.45, 2.75) is 12.2 Å². The minimum Gasteiger partial charge on any atom is -0.366 e. The highest BCUT2D eigenvalue weighted by atomic mass is 16.1. The van der Waals surface area contributed by atoms with Crippen LogP contribution >= 0.6 is 0 Å². The highest BCUT2D eigenvalue weighted by Gasteiger charge is 2.39. The zero-order valence-corrected chi connectivity index (χ0v) is 15.1. The number of likely N-dealkylation sites (N-methyl/N-ethyl adjacent to an activating group) is 2. The molecule has 0 aliphatic carbocycles. The molecule has 2 aliphatic heterocycles. The zero-order valence-electron chi connectivity index (χ0n) is 15.1. The Labute approximate surface area is 153 Å². The Morgan fingerprint density at radius 1 is 1.23 bits per heavy atom. The molecular weight excluding hydrogens is 328 g/mol. The molecule has 1 amide bonds. The van der Waals surface area contributed by atoms with Crippen LogP contribution in [-0.4, -0.2) is 66.6 Å². The van der Waals surface area contributed by atoms with E-state index < -0.39 is 5.91 Å². The first-order valence-electron chi connectivity index (χ1n) is 8.84. The SMILES string of the molecule is CN1CCN(C)C(C2Nc3ccccc3N2c2cc(C(N)=O)ccn2)C1. The van der Waals surface area contributed by atoms with Crippen LogP contribution < -0.4 is 16.0 Å². The van der Waals surface area contributed by atoms with Crippen LogP contribution in [0, 0.1) is 0 Å². The van der Waals surface area contributed by atoms with E-state index in [1.54, 1.807) is 18.3 Å². The number of nitrogens with zero attached hydrogens (tertiary/aromatic N) is 4. The molecule has 1 fully saturated rings. The van der Waals surface area contributed by atoms with E-state index in [0.29, 0.717) is 5.56 Å². The Bertz CT molecular complexity index is 825. The number of aromatic nitrogens is 1. The van der Waals surface area contributed by atoms with Crippen LogP contribution in [-0.2, 0) is 0 Å². The molecule has 2 aromatic rings. The highest BCUT2D eigenvalue weighted by Crippen LogP contribution is 2.41. The number of carbonyl (C=O) groups is 1. The van der Waals surface area contributed by atoms with Crippen molar-refractivity contribution in [2.75, 3.05) is 43.9 Å². The molecule has 1 aromatic heterocycles. The van der Waals surface area contributed by atoms with Crippen LogP contribution in [0.5, 0.6) is 0 Å². The Balaban J connectivity index is 1.77. The zero-order chi connectivity index (χ0) is 18.3. The molecule has 3 N–H and O–H groups in total. The molecule has 0 radical (unpaired) electrons. The topological polar surface area (TPSA) is 77.7 Å². The molecule has 1 aromatic carbocycles. The van der Waals surface area contributed by atoms with Crippen LogP contribution in [0.1, 0.15) is 10.4 Å². The summed E-state index contributed by atoms with van der Waals surface area (Å²) in [5, 5.41) is 3.65. The highest BCUT2D eigenvalue weighted by molar-refractivity contribution is 5.94. The number of amides is 1. The lowest BCUT2D eigenvalue weighted by Gasteiger charge is -2.43. The minimum absolute atomic E-state index is 0.0239. The number of hydrogen-bond acceptors (Lipinski definition) is 6. The molecular formula is C19H24N6O. The number of piperazine rings is 1. The number of benzene rings is 1. The lowest BCUT2D eigenvalue weighted by Crippen LogP contribution is -2.60. The summed E-state index contributed by atoms with van der Waals surface area (Å²) >= 11 is 0. The Hall–Kier alpha value is -2.64. The van der Waals surface area contributed by atoms with Crippen LogP contribution in [0.4, 0.5) is 17.2 Å². The third-order valence-electron chi connectivity index (χ3n) is 5.29. The van der Waals surface area contributed by atoms with Gasteiger partial charge in [0.25, 0.3) is 0 Å². The fourth-order valence-corrected chi connectivity index (χ4v) is 3.80. The van der Waals surface area contributed by atoms with Crippen LogP contribution in [0.15, 0.2) is 42.6 Å². The number of rotatable bonds is 3. The summed E-state index contributed by atoms with van der Waals surface area (Å²) in [7, 11) is 4.31. The van der Waals surface area contributed by atoms with Gasteiger partial charge in [0.15, 0.2) is 0 Å². The number of hydrogen-bond donors (Lipinski definition) is 2. The largest absolute Gasteiger partial charge is 0.366 e. The quantitative estimate of drug-likeness (QED) is 0.867. The number of para-hydroxylation sites is 2. The van der Waals surface area contributed by atoms with Gasteiger partial charge < -0.3 is 20.9 Å². The van der Waals surface area contributed by atoms with Gasteiger partial charge in [-0.2, -0.15) is 0 Å². The van der Waals surface area contributed by atoms with Gasteiger partial charge in [-0.05, 0) is 38.4 Å². The van der Waals surface area contributed by atoms with Crippen LogP contribution in [0.3, 0.4) is 0 Å². The van der Waals surface area contributed by atoms with Crippen LogP contribution in [0.25, 0.3) is 0 Å². The molecule has 7 nitrogen and oxygen atoms in total. The number of carbonyl (C=O) groups excluding carboxylic acids is 1. The van der Waals surface area contributed by atoms with Crippen molar-refractivity contribution in [1.29, 1.82) is 0 Å². The summed E-state index contributed by atoms with van der Waals surface area (Å²) in [6.45, 7) is 3.02. The molecule has 2 aliphatic rings. The third-order valence-corrected chi connectivity index (χ3v) is 5.29. The van der Waals surface area contributed by atoms with Gasteiger partial charge in [0.2, 0.25) is 5.91 Å². The smallest absolute Gasteiger partial charge is 0.248 e. The van der Waals surface area contributed by atoms with Gasteiger partial charge in [-0.1, -0.05) is 12.1 Å². The normalized spacial score (nSPS) is 23.5. The maximum absolute atomic E-state index is 11.6. The van der Waals surface area contributed by atoms with E-state index in [2.05, 4.69) is 51.2 Å². The van der Waals surface area contributed by atoms with Gasteiger partial charge >= 0.3 is 0 Å². The first-order chi connectivity index (χ1) is 12.5. The summed E-state index contributed by atoms with van der Waals surface area (Å²) < 4.78 is 0. The van der Waals surface area contributed by atoms with Crippen molar-refractivity contribution in [2.24, 2.45) is 5.73 Å². The Morgan fingerprint density at radius 3 is 2.85 bits per heavy atom. The third kappa shape index (κ3) is 2.89. The predicted molar refractivity (Wildman–Crippen MR) is 103 cm³/mol. The van der Waals surface area contributed by atoms with Crippen molar-refractivity contribution >= 4 is 23.1 Å². The summed E-state index contributed by atoms with van der Waals surface area (Å²) in [5.41, 5.74) is 8.08. The number of nitrogens with one attached hydrogen (secondary N) is 1. The summed E-state index contributed by atoms with van der Waals surface area (Å²) in [5.74, 6) is 0.283. The summed E-state index contributed by atoms with van der Waals surface area (Å²) in [6, 6.07) is 11.9.